The van der Waals surface area contributed by atoms with Gasteiger partial charge in [0.1, 0.15) is 4.08 Å². The zero-order valence-electron chi connectivity index (χ0n) is 16.1. The third kappa shape index (κ3) is 2.61. The van der Waals surface area contributed by atoms with E-state index in [1.54, 1.807) is 5.69 Å². The molecule has 0 radical (unpaired) electrons. The van der Waals surface area contributed by atoms with Crippen LogP contribution in [0.5, 0.6) is 0 Å². The first-order valence-electron chi connectivity index (χ1n) is 10.5. The minimum absolute atomic E-state index is 0.270. The van der Waals surface area contributed by atoms with Gasteiger partial charge < -0.3 is 4.57 Å². The molecule has 0 N–H and O–H groups in total. The van der Waals surface area contributed by atoms with E-state index in [4.69, 9.17) is 0 Å². The van der Waals surface area contributed by atoms with Crippen molar-refractivity contribution in [2.75, 3.05) is 18.1 Å². The molecule has 2 atom stereocenters. The number of piperidine rings is 1. The van der Waals surface area contributed by atoms with E-state index in [0.29, 0.717) is 6.17 Å². The lowest BCUT2D eigenvalue weighted by atomic mass is 9.85. The van der Waals surface area contributed by atoms with Crippen molar-refractivity contribution in [2.45, 2.75) is 36.1 Å². The number of rotatable bonds is 2. The summed E-state index contributed by atoms with van der Waals surface area (Å²) in [7, 11) is 0. The third-order valence-electron chi connectivity index (χ3n) is 6.77. The summed E-state index contributed by atoms with van der Waals surface area (Å²) in [5, 5.41) is 1.41. The number of fused-ring (bicyclic) bond motifs is 8. The molecular formula is C24H26N2S2. The Morgan fingerprint density at radius 1 is 0.964 bits per heavy atom. The van der Waals surface area contributed by atoms with Crippen LogP contribution in [-0.2, 0) is 10.6 Å². The monoisotopic (exact) mass is 406 g/mol. The van der Waals surface area contributed by atoms with Crippen LogP contribution >= 0.6 is 23.5 Å². The molecule has 0 aliphatic carbocycles. The van der Waals surface area contributed by atoms with E-state index in [2.05, 4.69) is 93.7 Å². The Kier molecular flexibility index (Phi) is 4.29. The van der Waals surface area contributed by atoms with Crippen LogP contribution in [0.2, 0.25) is 0 Å². The van der Waals surface area contributed by atoms with Gasteiger partial charge in [0.15, 0.2) is 0 Å². The van der Waals surface area contributed by atoms with Crippen molar-refractivity contribution < 1.29 is 0 Å². The number of likely N-dealkylation sites (tertiary alicyclic amines) is 1. The lowest BCUT2D eigenvalue weighted by Gasteiger charge is -2.54. The fourth-order valence-corrected chi connectivity index (χ4v) is 9.22. The number of aromatic nitrogens is 1. The normalized spacial score (nSPS) is 26.4. The smallest absolute Gasteiger partial charge is 0.104 e. The van der Waals surface area contributed by atoms with Crippen LogP contribution in [0.4, 0.5) is 0 Å². The lowest BCUT2D eigenvalue weighted by molar-refractivity contribution is 0.0356. The minimum Gasteiger partial charge on any atom is -0.326 e. The fourth-order valence-electron chi connectivity index (χ4n) is 5.51. The maximum absolute atomic E-state index is 2.73. The van der Waals surface area contributed by atoms with Crippen LogP contribution in [0.25, 0.3) is 10.9 Å². The van der Waals surface area contributed by atoms with Crippen molar-refractivity contribution in [2.24, 2.45) is 5.92 Å². The standard InChI is InChI=1S/C24H26N2S2/c1-2-7-18(8-3-1)17-25-12-11-20-16-23(25)26-21-10-5-4-9-19(21)15-22(26)24(20)27-13-6-14-28-24/h1-5,7-10,15,20,23H,6,11-14,16-17H2/t20-,23-/m1/s1. The summed E-state index contributed by atoms with van der Waals surface area (Å²) in [5.74, 6) is 3.41. The van der Waals surface area contributed by atoms with Gasteiger partial charge in [-0.2, -0.15) is 0 Å². The van der Waals surface area contributed by atoms with Gasteiger partial charge in [0.05, 0.1) is 6.17 Å². The van der Waals surface area contributed by atoms with E-state index in [-0.39, 0.29) is 4.08 Å². The van der Waals surface area contributed by atoms with Gasteiger partial charge in [0.25, 0.3) is 0 Å². The number of nitrogens with zero attached hydrogens (tertiary/aromatic N) is 2. The zero-order valence-corrected chi connectivity index (χ0v) is 17.7. The predicted octanol–water partition coefficient (Wildman–Crippen LogP) is 6.09. The molecule has 4 heterocycles. The summed E-state index contributed by atoms with van der Waals surface area (Å²) < 4.78 is 2.99. The highest BCUT2D eigenvalue weighted by atomic mass is 32.2. The topological polar surface area (TPSA) is 8.17 Å². The van der Waals surface area contributed by atoms with E-state index >= 15 is 0 Å². The Morgan fingerprint density at radius 3 is 2.61 bits per heavy atom. The molecule has 2 nitrogen and oxygen atoms in total. The molecule has 2 bridgehead atoms. The second kappa shape index (κ2) is 6.86. The van der Waals surface area contributed by atoms with Gasteiger partial charge in [-0.15, -0.1) is 23.5 Å². The first-order valence-corrected chi connectivity index (χ1v) is 12.5. The molecule has 3 aliphatic rings. The Morgan fingerprint density at radius 2 is 1.75 bits per heavy atom. The summed E-state index contributed by atoms with van der Waals surface area (Å²) in [6.07, 6.45) is 4.46. The second-order valence-corrected chi connectivity index (χ2v) is 11.3. The molecule has 0 unspecified atom stereocenters. The SMILES string of the molecule is c1ccc(CN2CC[C@@H]3C[C@H]2n2c(cc4ccccc42)C32SCCCS2)cc1. The highest BCUT2D eigenvalue weighted by Crippen LogP contribution is 2.63. The van der Waals surface area contributed by atoms with Gasteiger partial charge in [-0.1, -0.05) is 48.5 Å². The van der Waals surface area contributed by atoms with Crippen LogP contribution in [-0.4, -0.2) is 27.5 Å². The highest BCUT2D eigenvalue weighted by Gasteiger charge is 2.52. The number of para-hydroxylation sites is 1. The van der Waals surface area contributed by atoms with E-state index in [1.807, 2.05) is 0 Å². The summed E-state index contributed by atoms with van der Waals surface area (Å²) in [4.78, 5) is 2.73. The van der Waals surface area contributed by atoms with Gasteiger partial charge in [-0.25, -0.2) is 0 Å². The van der Waals surface area contributed by atoms with Crippen molar-refractivity contribution in [1.82, 2.24) is 9.47 Å². The van der Waals surface area contributed by atoms with Crippen LogP contribution in [0.15, 0.2) is 60.7 Å². The van der Waals surface area contributed by atoms with E-state index in [9.17, 15) is 0 Å². The van der Waals surface area contributed by atoms with E-state index in [0.717, 1.165) is 12.5 Å². The number of hydrogen-bond acceptors (Lipinski definition) is 3. The van der Waals surface area contributed by atoms with Gasteiger partial charge in [0, 0.05) is 24.3 Å². The molecule has 3 aromatic rings. The first-order chi connectivity index (χ1) is 13.9. The summed E-state index contributed by atoms with van der Waals surface area (Å²) in [6.45, 7) is 2.26. The molecule has 1 spiro atoms. The van der Waals surface area contributed by atoms with Crippen molar-refractivity contribution in [3.63, 3.8) is 0 Å². The number of hydrogen-bond donors (Lipinski definition) is 0. The van der Waals surface area contributed by atoms with Gasteiger partial charge >= 0.3 is 0 Å². The Balaban J connectivity index is 1.49. The van der Waals surface area contributed by atoms with Gasteiger partial charge in [0.2, 0.25) is 0 Å². The van der Waals surface area contributed by atoms with Crippen molar-refractivity contribution in [1.29, 1.82) is 0 Å². The maximum Gasteiger partial charge on any atom is 0.104 e. The van der Waals surface area contributed by atoms with Gasteiger partial charge in [-0.05, 0) is 59.8 Å². The average Bonchev–Trinajstić information content (AvgIpc) is 3.15. The highest BCUT2D eigenvalue weighted by molar-refractivity contribution is 8.18. The molecule has 0 amide bonds. The molecule has 3 aliphatic heterocycles. The second-order valence-electron chi connectivity index (χ2n) is 8.33. The maximum atomic E-state index is 2.73. The van der Waals surface area contributed by atoms with Crippen molar-refractivity contribution in [3.8, 4) is 0 Å². The molecule has 2 aromatic carbocycles. The van der Waals surface area contributed by atoms with Crippen LogP contribution in [0.1, 0.15) is 36.7 Å². The molecule has 0 saturated carbocycles. The van der Waals surface area contributed by atoms with Crippen molar-refractivity contribution in [3.05, 3.63) is 71.9 Å². The molecule has 144 valence electrons. The molecule has 4 heteroatoms. The Labute approximate surface area is 175 Å². The molecule has 28 heavy (non-hydrogen) atoms. The predicted molar refractivity (Wildman–Crippen MR) is 122 cm³/mol. The largest absolute Gasteiger partial charge is 0.326 e. The fraction of sp³-hybridized carbons (Fsp3) is 0.417. The summed E-state index contributed by atoms with van der Waals surface area (Å²) in [5.41, 5.74) is 4.44. The molecule has 6 rings (SSSR count). The Bertz CT molecular complexity index is 990. The van der Waals surface area contributed by atoms with Gasteiger partial charge in [-0.3, -0.25) is 4.90 Å². The minimum atomic E-state index is 0.270. The zero-order chi connectivity index (χ0) is 18.6. The molecule has 1 aromatic heterocycles. The summed E-state index contributed by atoms with van der Waals surface area (Å²) in [6, 6.07) is 22.6. The number of benzene rings is 2. The van der Waals surface area contributed by atoms with E-state index in [1.165, 1.54) is 53.8 Å². The number of thioether (sulfide) groups is 2. The van der Waals surface area contributed by atoms with Crippen molar-refractivity contribution >= 4 is 34.4 Å². The summed E-state index contributed by atoms with van der Waals surface area (Å²) >= 11 is 4.48. The lowest BCUT2D eigenvalue weighted by Crippen LogP contribution is -2.50. The van der Waals surface area contributed by atoms with Crippen LogP contribution < -0.4 is 0 Å². The average molecular weight is 407 g/mol. The third-order valence-corrected chi connectivity index (χ3v) is 10.4. The van der Waals surface area contributed by atoms with E-state index < -0.39 is 0 Å². The molecule has 2 saturated heterocycles. The Hall–Kier alpha value is -1.36. The first kappa shape index (κ1) is 17.5. The molecule has 2 fully saturated rings. The van der Waals surface area contributed by atoms with Crippen LogP contribution in [0, 0.1) is 5.92 Å². The quantitative estimate of drug-likeness (QED) is 0.509. The molecular weight excluding hydrogens is 380 g/mol. The van der Waals surface area contributed by atoms with Crippen LogP contribution in [0.3, 0.4) is 0 Å².